The van der Waals surface area contributed by atoms with Crippen molar-refractivity contribution >= 4 is 40.8 Å². The molecule has 2 aromatic rings. The molecule has 0 aromatic heterocycles. The van der Waals surface area contributed by atoms with Crippen molar-refractivity contribution in [1.82, 2.24) is 0 Å². The first-order valence-electron chi connectivity index (χ1n) is 9.43. The van der Waals surface area contributed by atoms with Crippen molar-refractivity contribution in [2.45, 2.75) is 33.6 Å². The van der Waals surface area contributed by atoms with Crippen molar-refractivity contribution in [3.63, 3.8) is 0 Å². The third-order valence-corrected chi connectivity index (χ3v) is 4.07. The van der Waals surface area contributed by atoms with Gasteiger partial charge in [-0.25, -0.2) is 0 Å². The quantitative estimate of drug-likeness (QED) is 0.578. The summed E-state index contributed by atoms with van der Waals surface area (Å²) in [5.74, 6) is -1.63. The van der Waals surface area contributed by atoms with Gasteiger partial charge in [-0.3, -0.25) is 19.2 Å². The van der Waals surface area contributed by atoms with Crippen LogP contribution in [0.2, 0.25) is 0 Å². The molecule has 3 N–H and O–H groups in total. The number of hydrogen-bond donors (Lipinski definition) is 3. The predicted molar refractivity (Wildman–Crippen MR) is 114 cm³/mol. The minimum absolute atomic E-state index is 0.0784. The molecule has 0 aliphatic heterocycles. The highest BCUT2D eigenvalue weighted by atomic mass is 16.5. The molecule has 0 fully saturated rings. The van der Waals surface area contributed by atoms with E-state index in [1.807, 2.05) is 26.0 Å². The Labute approximate surface area is 175 Å². The van der Waals surface area contributed by atoms with E-state index in [-0.39, 0.29) is 24.7 Å². The predicted octanol–water partition coefficient (Wildman–Crippen LogP) is 3.16. The number of aryl methyl sites for hydroxylation is 2. The molecule has 2 rings (SSSR count). The molecule has 0 saturated heterocycles. The SMILES string of the molecule is CC(=O)Nc1ccc(NC(=O)CCC(=O)OCC(=O)Nc2ccc(C)cc2C)cc1. The van der Waals surface area contributed by atoms with E-state index in [2.05, 4.69) is 16.0 Å². The first kappa shape index (κ1) is 22.6. The summed E-state index contributed by atoms with van der Waals surface area (Å²) >= 11 is 0. The van der Waals surface area contributed by atoms with Crippen molar-refractivity contribution in [2.75, 3.05) is 22.6 Å². The summed E-state index contributed by atoms with van der Waals surface area (Å²) in [6.45, 7) is 4.82. The van der Waals surface area contributed by atoms with Gasteiger partial charge in [0.25, 0.3) is 5.91 Å². The first-order valence-corrected chi connectivity index (χ1v) is 9.43. The molecular formula is C22H25N3O5. The van der Waals surface area contributed by atoms with E-state index in [1.54, 1.807) is 30.3 Å². The van der Waals surface area contributed by atoms with E-state index in [0.717, 1.165) is 11.1 Å². The van der Waals surface area contributed by atoms with Crippen molar-refractivity contribution in [1.29, 1.82) is 0 Å². The number of nitrogens with one attached hydrogen (secondary N) is 3. The van der Waals surface area contributed by atoms with Gasteiger partial charge in [0, 0.05) is 30.4 Å². The van der Waals surface area contributed by atoms with Crippen LogP contribution in [0.4, 0.5) is 17.1 Å². The van der Waals surface area contributed by atoms with Crippen LogP contribution in [-0.4, -0.2) is 30.3 Å². The van der Waals surface area contributed by atoms with Crippen LogP contribution in [0.25, 0.3) is 0 Å². The van der Waals surface area contributed by atoms with E-state index < -0.39 is 18.5 Å². The lowest BCUT2D eigenvalue weighted by molar-refractivity contribution is -0.147. The second-order valence-corrected chi connectivity index (χ2v) is 6.83. The Morgan fingerprint density at radius 3 is 2.03 bits per heavy atom. The van der Waals surface area contributed by atoms with Gasteiger partial charge in [-0.05, 0) is 49.7 Å². The Balaban J connectivity index is 1.70. The summed E-state index contributed by atoms with van der Waals surface area (Å²) in [5, 5.41) is 7.96. The largest absolute Gasteiger partial charge is 0.456 e. The van der Waals surface area contributed by atoms with Gasteiger partial charge in [0.05, 0.1) is 6.42 Å². The fourth-order valence-electron chi connectivity index (χ4n) is 2.64. The van der Waals surface area contributed by atoms with Gasteiger partial charge in [-0.1, -0.05) is 17.7 Å². The van der Waals surface area contributed by atoms with Crippen LogP contribution in [0.3, 0.4) is 0 Å². The second kappa shape index (κ2) is 10.8. The van der Waals surface area contributed by atoms with Crippen molar-refractivity contribution in [3.05, 3.63) is 53.6 Å². The lowest BCUT2D eigenvalue weighted by Gasteiger charge is -2.10. The highest BCUT2D eigenvalue weighted by Gasteiger charge is 2.12. The summed E-state index contributed by atoms with van der Waals surface area (Å²) in [5.41, 5.74) is 3.80. The lowest BCUT2D eigenvalue weighted by atomic mass is 10.1. The number of carbonyl (C=O) groups excluding carboxylic acids is 4. The molecule has 0 saturated carbocycles. The minimum Gasteiger partial charge on any atom is -0.456 e. The fraction of sp³-hybridized carbons (Fsp3) is 0.273. The average Bonchev–Trinajstić information content (AvgIpc) is 2.68. The maximum absolute atomic E-state index is 12.0. The Morgan fingerprint density at radius 1 is 0.800 bits per heavy atom. The van der Waals surface area contributed by atoms with Gasteiger partial charge in [0.15, 0.2) is 6.61 Å². The molecule has 3 amide bonds. The van der Waals surface area contributed by atoms with E-state index in [4.69, 9.17) is 4.74 Å². The summed E-state index contributed by atoms with van der Waals surface area (Å²) in [7, 11) is 0. The summed E-state index contributed by atoms with van der Waals surface area (Å²) in [6.07, 6.45) is -0.225. The molecule has 2 aromatic carbocycles. The van der Waals surface area contributed by atoms with E-state index >= 15 is 0 Å². The van der Waals surface area contributed by atoms with Crippen LogP contribution in [0.5, 0.6) is 0 Å². The van der Waals surface area contributed by atoms with Gasteiger partial charge < -0.3 is 20.7 Å². The fourth-order valence-corrected chi connectivity index (χ4v) is 2.64. The number of amides is 3. The highest BCUT2D eigenvalue weighted by Crippen LogP contribution is 2.16. The maximum atomic E-state index is 12.0. The standard InChI is InChI=1S/C22H25N3O5/c1-14-4-9-19(15(2)12-14)25-21(28)13-30-22(29)11-10-20(27)24-18-7-5-17(6-8-18)23-16(3)26/h4-9,12H,10-11,13H2,1-3H3,(H,23,26)(H,24,27)(H,25,28). The van der Waals surface area contributed by atoms with Crippen molar-refractivity contribution in [3.8, 4) is 0 Å². The zero-order valence-electron chi connectivity index (χ0n) is 17.2. The molecule has 0 aliphatic rings. The number of benzene rings is 2. The highest BCUT2D eigenvalue weighted by molar-refractivity contribution is 5.95. The van der Waals surface area contributed by atoms with Crippen LogP contribution >= 0.6 is 0 Å². The summed E-state index contributed by atoms with van der Waals surface area (Å²) in [6, 6.07) is 12.2. The van der Waals surface area contributed by atoms with Crippen LogP contribution in [-0.2, 0) is 23.9 Å². The second-order valence-electron chi connectivity index (χ2n) is 6.83. The Kier molecular flexibility index (Phi) is 8.10. The normalized spacial score (nSPS) is 10.1. The molecular weight excluding hydrogens is 386 g/mol. The van der Waals surface area contributed by atoms with E-state index in [9.17, 15) is 19.2 Å². The van der Waals surface area contributed by atoms with Gasteiger partial charge >= 0.3 is 5.97 Å². The van der Waals surface area contributed by atoms with Crippen LogP contribution < -0.4 is 16.0 Å². The minimum atomic E-state index is -0.637. The zero-order valence-corrected chi connectivity index (χ0v) is 17.2. The van der Waals surface area contributed by atoms with Crippen LogP contribution in [0.15, 0.2) is 42.5 Å². The Hall–Kier alpha value is -3.68. The summed E-state index contributed by atoms with van der Waals surface area (Å²) in [4.78, 5) is 46.7. The number of carbonyl (C=O) groups is 4. The summed E-state index contributed by atoms with van der Waals surface area (Å²) < 4.78 is 4.92. The van der Waals surface area contributed by atoms with E-state index in [0.29, 0.717) is 17.1 Å². The lowest BCUT2D eigenvalue weighted by Crippen LogP contribution is -2.22. The van der Waals surface area contributed by atoms with Gasteiger partial charge in [-0.2, -0.15) is 0 Å². The van der Waals surface area contributed by atoms with Gasteiger partial charge in [0.1, 0.15) is 0 Å². The molecule has 0 heterocycles. The smallest absolute Gasteiger partial charge is 0.306 e. The molecule has 30 heavy (non-hydrogen) atoms. The third kappa shape index (κ3) is 7.75. The van der Waals surface area contributed by atoms with Crippen molar-refractivity contribution in [2.24, 2.45) is 0 Å². The molecule has 0 spiro atoms. The number of esters is 1. The zero-order chi connectivity index (χ0) is 22.1. The Bertz CT molecular complexity index is 938. The number of ether oxygens (including phenoxy) is 1. The van der Waals surface area contributed by atoms with Gasteiger partial charge in [-0.15, -0.1) is 0 Å². The maximum Gasteiger partial charge on any atom is 0.306 e. The molecule has 0 bridgehead atoms. The third-order valence-electron chi connectivity index (χ3n) is 4.07. The molecule has 8 nitrogen and oxygen atoms in total. The number of anilines is 3. The molecule has 0 unspecified atom stereocenters. The molecule has 0 aliphatic carbocycles. The first-order chi connectivity index (χ1) is 14.2. The Morgan fingerprint density at radius 2 is 1.43 bits per heavy atom. The average molecular weight is 411 g/mol. The monoisotopic (exact) mass is 411 g/mol. The molecule has 0 radical (unpaired) electrons. The van der Waals surface area contributed by atoms with Crippen LogP contribution in [0, 0.1) is 13.8 Å². The number of hydrogen-bond acceptors (Lipinski definition) is 5. The van der Waals surface area contributed by atoms with E-state index in [1.165, 1.54) is 6.92 Å². The number of rotatable bonds is 8. The van der Waals surface area contributed by atoms with Crippen LogP contribution in [0.1, 0.15) is 30.9 Å². The molecule has 8 heteroatoms. The topological polar surface area (TPSA) is 114 Å². The molecule has 0 atom stereocenters. The molecule has 158 valence electrons. The van der Waals surface area contributed by atoms with Gasteiger partial charge in [0.2, 0.25) is 11.8 Å². The van der Waals surface area contributed by atoms with Crippen molar-refractivity contribution < 1.29 is 23.9 Å².